The predicted molar refractivity (Wildman–Crippen MR) is 45.4 cm³/mol. The van der Waals surface area contributed by atoms with Crippen LogP contribution in [-0.2, 0) is 0 Å². The summed E-state index contributed by atoms with van der Waals surface area (Å²) in [6, 6.07) is 0. The summed E-state index contributed by atoms with van der Waals surface area (Å²) in [5.74, 6) is 0. The van der Waals surface area contributed by atoms with Crippen LogP contribution in [0.25, 0.3) is 0 Å². The van der Waals surface area contributed by atoms with Crippen LogP contribution in [0.15, 0.2) is 21.6 Å². The summed E-state index contributed by atoms with van der Waals surface area (Å²) in [6.07, 6.45) is 7.12. The summed E-state index contributed by atoms with van der Waals surface area (Å²) in [6.45, 7) is 2.10. The highest BCUT2D eigenvalue weighted by atomic mass is 79.9. The molecule has 0 bridgehead atoms. The molecule has 0 atom stereocenters. The second-order valence-electron chi connectivity index (χ2n) is 1.29. The van der Waals surface area contributed by atoms with Gasteiger partial charge in [-0.1, -0.05) is 19.1 Å². The lowest BCUT2D eigenvalue weighted by Gasteiger charge is -1.76. The summed E-state index contributed by atoms with van der Waals surface area (Å²) in [4.78, 5) is 0. The molecule has 0 aliphatic carbocycles. The minimum atomic E-state index is 0.981. The van der Waals surface area contributed by atoms with Gasteiger partial charge in [-0.3, -0.25) is 0 Å². The lowest BCUT2D eigenvalue weighted by Crippen LogP contribution is -1.51. The van der Waals surface area contributed by atoms with Gasteiger partial charge in [-0.2, -0.15) is 0 Å². The molecule has 0 aromatic carbocycles. The van der Waals surface area contributed by atoms with Gasteiger partial charge in [0.15, 0.2) is 0 Å². The second-order valence-corrected chi connectivity index (χ2v) is 4.07. The standard InChI is InChI=1S/C6H8Br2/c1-2-3-4-5-6(7)8/h3-5H,2H2,1H3/b4-3+. The third-order valence-corrected chi connectivity index (χ3v) is 1.12. The van der Waals surface area contributed by atoms with E-state index in [9.17, 15) is 0 Å². The lowest BCUT2D eigenvalue weighted by atomic mass is 10.4. The Kier molecular flexibility index (Phi) is 5.88. The molecule has 0 fully saturated rings. The van der Waals surface area contributed by atoms with Gasteiger partial charge in [0.25, 0.3) is 0 Å². The molecule has 0 aromatic rings. The Labute approximate surface area is 66.9 Å². The van der Waals surface area contributed by atoms with Gasteiger partial charge in [0, 0.05) is 0 Å². The SMILES string of the molecule is CC/C=C/C=C(Br)Br. The number of halogens is 2. The van der Waals surface area contributed by atoms with Crippen molar-refractivity contribution in [1.82, 2.24) is 0 Å². The Morgan fingerprint density at radius 2 is 2.12 bits per heavy atom. The molecule has 46 valence electrons. The van der Waals surface area contributed by atoms with Crippen molar-refractivity contribution < 1.29 is 0 Å². The first-order valence-electron chi connectivity index (χ1n) is 2.45. The third kappa shape index (κ3) is 6.44. The molecule has 0 saturated carbocycles. The van der Waals surface area contributed by atoms with Crippen molar-refractivity contribution in [1.29, 1.82) is 0 Å². The predicted octanol–water partition coefficient (Wildman–Crippen LogP) is 3.58. The molecule has 0 saturated heterocycles. The zero-order valence-electron chi connectivity index (χ0n) is 4.70. The van der Waals surface area contributed by atoms with Crippen LogP contribution in [0, 0.1) is 0 Å². The van der Waals surface area contributed by atoms with E-state index in [-0.39, 0.29) is 0 Å². The number of allylic oxidation sites excluding steroid dienone is 3. The Balaban J connectivity index is 3.42. The first kappa shape index (κ1) is 8.44. The van der Waals surface area contributed by atoms with Crippen molar-refractivity contribution in [2.75, 3.05) is 0 Å². The van der Waals surface area contributed by atoms with Gasteiger partial charge in [0.05, 0.1) is 3.39 Å². The Morgan fingerprint density at radius 1 is 1.50 bits per heavy atom. The molecule has 0 aliphatic heterocycles. The molecule has 0 heterocycles. The number of hydrogen-bond acceptors (Lipinski definition) is 0. The highest BCUT2D eigenvalue weighted by Crippen LogP contribution is 2.12. The summed E-state index contributed by atoms with van der Waals surface area (Å²) >= 11 is 6.46. The summed E-state index contributed by atoms with van der Waals surface area (Å²) < 4.78 is 0.981. The molecule has 2 heteroatoms. The molecule has 0 unspecified atom stereocenters. The molecule has 0 aliphatic rings. The smallest absolute Gasteiger partial charge is 0.0603 e. The normalized spacial score (nSPS) is 9.88. The van der Waals surface area contributed by atoms with Crippen LogP contribution in [0.4, 0.5) is 0 Å². The van der Waals surface area contributed by atoms with Crippen molar-refractivity contribution in [3.63, 3.8) is 0 Å². The van der Waals surface area contributed by atoms with Gasteiger partial charge in [-0.25, -0.2) is 0 Å². The van der Waals surface area contributed by atoms with E-state index in [2.05, 4.69) is 44.9 Å². The van der Waals surface area contributed by atoms with Crippen LogP contribution in [0.1, 0.15) is 13.3 Å². The zero-order valence-corrected chi connectivity index (χ0v) is 7.87. The van der Waals surface area contributed by atoms with E-state index in [1.807, 2.05) is 12.2 Å². The molecule has 0 rings (SSSR count). The van der Waals surface area contributed by atoms with Gasteiger partial charge in [-0.15, -0.1) is 0 Å². The van der Waals surface area contributed by atoms with Gasteiger partial charge >= 0.3 is 0 Å². The quantitative estimate of drug-likeness (QED) is 0.647. The highest BCUT2D eigenvalue weighted by molar-refractivity contribution is 9.28. The van der Waals surface area contributed by atoms with E-state index in [0.717, 1.165) is 9.81 Å². The molecule has 0 N–H and O–H groups in total. The lowest BCUT2D eigenvalue weighted by molar-refractivity contribution is 1.22. The molecule has 0 aromatic heterocycles. The van der Waals surface area contributed by atoms with Crippen molar-refractivity contribution in [2.45, 2.75) is 13.3 Å². The van der Waals surface area contributed by atoms with Gasteiger partial charge < -0.3 is 0 Å². The van der Waals surface area contributed by atoms with Gasteiger partial charge in [0.2, 0.25) is 0 Å². The molecular weight excluding hydrogens is 232 g/mol. The number of hydrogen-bond donors (Lipinski definition) is 0. The molecule has 0 radical (unpaired) electrons. The average molecular weight is 240 g/mol. The van der Waals surface area contributed by atoms with Gasteiger partial charge in [-0.05, 0) is 44.4 Å². The van der Waals surface area contributed by atoms with Crippen molar-refractivity contribution in [3.8, 4) is 0 Å². The monoisotopic (exact) mass is 238 g/mol. The molecule has 0 spiro atoms. The van der Waals surface area contributed by atoms with Crippen LogP contribution >= 0.6 is 31.9 Å². The maximum atomic E-state index is 3.23. The first-order valence-corrected chi connectivity index (χ1v) is 4.03. The highest BCUT2D eigenvalue weighted by Gasteiger charge is 1.72. The largest absolute Gasteiger partial charge is 0.0848 e. The van der Waals surface area contributed by atoms with E-state index in [4.69, 9.17) is 0 Å². The maximum absolute atomic E-state index is 3.23. The molecular formula is C6H8Br2. The number of rotatable bonds is 2. The fourth-order valence-electron chi connectivity index (χ4n) is 0.277. The fourth-order valence-corrected chi connectivity index (χ4v) is 0.582. The van der Waals surface area contributed by atoms with E-state index in [1.165, 1.54) is 0 Å². The Bertz CT molecular complexity index is 99.1. The van der Waals surface area contributed by atoms with Crippen molar-refractivity contribution in [2.24, 2.45) is 0 Å². The topological polar surface area (TPSA) is 0 Å². The van der Waals surface area contributed by atoms with Crippen LogP contribution in [0.3, 0.4) is 0 Å². The Hall–Kier alpha value is 0.440. The van der Waals surface area contributed by atoms with Gasteiger partial charge in [0.1, 0.15) is 0 Å². The minimum Gasteiger partial charge on any atom is -0.0848 e. The zero-order chi connectivity index (χ0) is 6.41. The minimum absolute atomic E-state index is 0.981. The third-order valence-electron chi connectivity index (χ3n) is 0.594. The maximum Gasteiger partial charge on any atom is 0.0603 e. The summed E-state index contributed by atoms with van der Waals surface area (Å²) in [5, 5.41) is 0. The van der Waals surface area contributed by atoms with Crippen LogP contribution in [-0.4, -0.2) is 0 Å². The second kappa shape index (κ2) is 5.57. The Morgan fingerprint density at radius 3 is 2.50 bits per heavy atom. The average Bonchev–Trinajstić information content (AvgIpc) is 1.66. The van der Waals surface area contributed by atoms with Crippen LogP contribution < -0.4 is 0 Å². The van der Waals surface area contributed by atoms with Crippen LogP contribution in [0.5, 0.6) is 0 Å². The first-order chi connectivity index (χ1) is 3.77. The fraction of sp³-hybridized carbons (Fsp3) is 0.333. The van der Waals surface area contributed by atoms with Crippen molar-refractivity contribution in [3.05, 3.63) is 21.6 Å². The van der Waals surface area contributed by atoms with E-state index in [0.29, 0.717) is 0 Å². The van der Waals surface area contributed by atoms with Crippen molar-refractivity contribution >= 4 is 31.9 Å². The molecule has 8 heavy (non-hydrogen) atoms. The van der Waals surface area contributed by atoms with E-state index >= 15 is 0 Å². The van der Waals surface area contributed by atoms with Crippen LogP contribution in [0.2, 0.25) is 0 Å². The molecule has 0 amide bonds. The van der Waals surface area contributed by atoms with E-state index < -0.39 is 0 Å². The molecule has 0 nitrogen and oxygen atoms in total. The summed E-state index contributed by atoms with van der Waals surface area (Å²) in [5.41, 5.74) is 0. The summed E-state index contributed by atoms with van der Waals surface area (Å²) in [7, 11) is 0. The van der Waals surface area contributed by atoms with E-state index in [1.54, 1.807) is 0 Å².